The molecule has 0 nitrogen and oxygen atoms in total. The highest BCUT2D eigenvalue weighted by atomic mass is 14.3. The lowest BCUT2D eigenvalue weighted by Crippen LogP contribution is -2.20. The van der Waals surface area contributed by atoms with Crippen molar-refractivity contribution in [2.24, 2.45) is 0 Å². The summed E-state index contributed by atoms with van der Waals surface area (Å²) < 4.78 is 0. The highest BCUT2D eigenvalue weighted by Crippen LogP contribution is 2.38. The van der Waals surface area contributed by atoms with Gasteiger partial charge in [0.15, 0.2) is 0 Å². The van der Waals surface area contributed by atoms with E-state index in [0.29, 0.717) is 5.41 Å². The summed E-state index contributed by atoms with van der Waals surface area (Å²) in [6.07, 6.45) is 3.51. The van der Waals surface area contributed by atoms with Crippen LogP contribution in [0.3, 0.4) is 0 Å². The SMILES string of the molecule is CC.CC.CC#CC.CC1=CCC(C)(C)c2ccccc21. The van der Waals surface area contributed by atoms with E-state index >= 15 is 0 Å². The Balaban J connectivity index is 0. The Labute approximate surface area is 133 Å². The fraction of sp³-hybridized carbons (Fsp3) is 0.524. The Bertz CT molecular complexity index is 458. The molecule has 0 radical (unpaired) electrons. The zero-order valence-electron chi connectivity index (χ0n) is 15.6. The molecule has 0 aliphatic heterocycles. The first-order valence-electron chi connectivity index (χ1n) is 8.13. The van der Waals surface area contributed by atoms with Gasteiger partial charge < -0.3 is 0 Å². The maximum Gasteiger partial charge on any atom is -0.00271 e. The number of fused-ring (bicyclic) bond motifs is 1. The van der Waals surface area contributed by atoms with Crippen molar-refractivity contribution in [2.45, 2.75) is 74.1 Å². The summed E-state index contributed by atoms with van der Waals surface area (Å²) in [7, 11) is 0. The first-order valence-corrected chi connectivity index (χ1v) is 8.13. The lowest BCUT2D eigenvalue weighted by atomic mass is 9.74. The molecule has 0 amide bonds. The molecule has 0 saturated heterocycles. The van der Waals surface area contributed by atoms with Gasteiger partial charge in [-0.2, -0.15) is 0 Å². The minimum Gasteiger partial charge on any atom is -0.107 e. The molecule has 0 N–H and O–H groups in total. The van der Waals surface area contributed by atoms with Gasteiger partial charge in [0.25, 0.3) is 0 Å². The molecule has 0 fully saturated rings. The standard InChI is InChI=1S/C13H16.C4H6.2C2H6/c1-10-8-9-13(2,3)12-7-5-4-6-11(10)12;1-3-4-2;2*1-2/h4-8H,9H2,1-3H3;1-2H3;2*1-2H3. The van der Waals surface area contributed by atoms with Crippen molar-refractivity contribution >= 4 is 5.57 Å². The van der Waals surface area contributed by atoms with Crippen molar-refractivity contribution in [1.29, 1.82) is 0 Å². The number of benzene rings is 1. The van der Waals surface area contributed by atoms with Gasteiger partial charge in [-0.25, -0.2) is 0 Å². The summed E-state index contributed by atoms with van der Waals surface area (Å²) in [5.74, 6) is 5.36. The quantitative estimate of drug-likeness (QED) is 0.457. The molecule has 0 atom stereocenters. The lowest BCUT2D eigenvalue weighted by molar-refractivity contribution is 0.527. The van der Waals surface area contributed by atoms with Crippen LogP contribution in [0.1, 0.15) is 79.9 Å². The van der Waals surface area contributed by atoms with Gasteiger partial charge >= 0.3 is 0 Å². The molecule has 2 rings (SSSR count). The second kappa shape index (κ2) is 12.3. The van der Waals surface area contributed by atoms with Crippen molar-refractivity contribution in [2.75, 3.05) is 0 Å². The summed E-state index contributed by atoms with van der Waals surface area (Å²) in [6.45, 7) is 18.5. The van der Waals surface area contributed by atoms with Gasteiger partial charge in [-0.3, -0.25) is 0 Å². The summed E-state index contributed by atoms with van der Waals surface area (Å²) >= 11 is 0. The zero-order valence-corrected chi connectivity index (χ0v) is 15.6. The van der Waals surface area contributed by atoms with Crippen molar-refractivity contribution in [3.8, 4) is 11.8 Å². The molecule has 1 aliphatic carbocycles. The topological polar surface area (TPSA) is 0 Å². The van der Waals surface area contributed by atoms with E-state index in [0.717, 1.165) is 6.42 Å². The first-order chi connectivity index (χ1) is 10.0. The van der Waals surface area contributed by atoms with Crippen molar-refractivity contribution in [1.82, 2.24) is 0 Å². The van der Waals surface area contributed by atoms with E-state index < -0.39 is 0 Å². The fourth-order valence-corrected chi connectivity index (χ4v) is 2.05. The summed E-state index contributed by atoms with van der Waals surface area (Å²) in [4.78, 5) is 0. The Morgan fingerprint density at radius 2 is 1.38 bits per heavy atom. The van der Waals surface area contributed by atoms with Crippen LogP contribution >= 0.6 is 0 Å². The van der Waals surface area contributed by atoms with Crippen LogP contribution in [0.15, 0.2) is 30.3 Å². The molecule has 21 heavy (non-hydrogen) atoms. The predicted molar refractivity (Wildman–Crippen MR) is 99.6 cm³/mol. The van der Waals surface area contributed by atoms with E-state index in [1.807, 2.05) is 41.5 Å². The molecule has 0 aromatic heterocycles. The van der Waals surface area contributed by atoms with E-state index in [2.05, 4.69) is 63.0 Å². The average molecular weight is 287 g/mol. The Morgan fingerprint density at radius 1 is 0.905 bits per heavy atom. The Kier molecular flexibility index (Phi) is 12.7. The number of hydrogen-bond acceptors (Lipinski definition) is 0. The Morgan fingerprint density at radius 3 is 1.81 bits per heavy atom. The third-order valence-corrected chi connectivity index (χ3v) is 3.25. The zero-order chi connectivity index (χ0) is 16.9. The smallest absolute Gasteiger partial charge is 0.00271 e. The van der Waals surface area contributed by atoms with Crippen LogP contribution in [0, 0.1) is 11.8 Å². The molecule has 0 spiro atoms. The van der Waals surface area contributed by atoms with E-state index in [4.69, 9.17) is 0 Å². The van der Waals surface area contributed by atoms with Crippen LogP contribution < -0.4 is 0 Å². The van der Waals surface area contributed by atoms with Crippen LogP contribution in [0.2, 0.25) is 0 Å². The maximum absolute atomic E-state index is 2.68. The van der Waals surface area contributed by atoms with E-state index in [9.17, 15) is 0 Å². The van der Waals surface area contributed by atoms with Gasteiger partial charge in [0.05, 0.1) is 0 Å². The highest BCUT2D eigenvalue weighted by Gasteiger charge is 2.25. The van der Waals surface area contributed by atoms with Gasteiger partial charge in [-0.05, 0) is 49.3 Å². The molecule has 1 aromatic rings. The van der Waals surface area contributed by atoms with Crippen molar-refractivity contribution in [3.63, 3.8) is 0 Å². The number of hydrogen-bond donors (Lipinski definition) is 0. The van der Waals surface area contributed by atoms with Gasteiger partial charge in [0.2, 0.25) is 0 Å². The van der Waals surface area contributed by atoms with Gasteiger partial charge in [-0.1, -0.05) is 71.9 Å². The third-order valence-electron chi connectivity index (χ3n) is 3.25. The third kappa shape index (κ3) is 7.19. The largest absolute Gasteiger partial charge is 0.107 e. The molecule has 1 aliphatic rings. The minimum atomic E-state index is 0.316. The molecule has 0 heterocycles. The van der Waals surface area contributed by atoms with Gasteiger partial charge in [0.1, 0.15) is 0 Å². The minimum absolute atomic E-state index is 0.316. The monoisotopic (exact) mass is 286 g/mol. The lowest BCUT2D eigenvalue weighted by Gasteiger charge is -2.31. The molecule has 0 bridgehead atoms. The van der Waals surface area contributed by atoms with Crippen LogP contribution in [0.5, 0.6) is 0 Å². The van der Waals surface area contributed by atoms with E-state index in [1.165, 1.54) is 16.7 Å². The summed E-state index contributed by atoms with van der Waals surface area (Å²) in [6, 6.07) is 8.74. The molecular weight excluding hydrogens is 252 g/mol. The molecule has 0 saturated carbocycles. The van der Waals surface area contributed by atoms with Crippen molar-refractivity contribution < 1.29 is 0 Å². The molecule has 1 aromatic carbocycles. The predicted octanol–water partition coefficient (Wildman–Crippen LogP) is 6.85. The fourth-order valence-electron chi connectivity index (χ4n) is 2.05. The number of allylic oxidation sites excluding steroid dienone is 2. The Hall–Kier alpha value is -1.48. The number of rotatable bonds is 0. The molecule has 0 unspecified atom stereocenters. The second-order valence-corrected chi connectivity index (χ2v) is 5.02. The summed E-state index contributed by atoms with van der Waals surface area (Å²) in [5, 5.41) is 0. The van der Waals surface area contributed by atoms with Crippen LogP contribution in [0.4, 0.5) is 0 Å². The highest BCUT2D eigenvalue weighted by molar-refractivity contribution is 5.70. The van der Waals surface area contributed by atoms with Gasteiger partial charge in [-0.15, -0.1) is 11.8 Å². The van der Waals surface area contributed by atoms with Crippen LogP contribution in [-0.4, -0.2) is 0 Å². The molecule has 118 valence electrons. The van der Waals surface area contributed by atoms with Crippen molar-refractivity contribution in [3.05, 3.63) is 41.5 Å². The summed E-state index contributed by atoms with van der Waals surface area (Å²) in [5.41, 5.74) is 4.67. The van der Waals surface area contributed by atoms with Crippen LogP contribution in [0.25, 0.3) is 5.57 Å². The average Bonchev–Trinajstić information content (AvgIpc) is 2.56. The van der Waals surface area contributed by atoms with E-state index in [1.54, 1.807) is 0 Å². The molecule has 0 heteroatoms. The normalized spacial score (nSPS) is 13.1. The first kappa shape index (κ1) is 21.8. The maximum atomic E-state index is 2.68. The van der Waals surface area contributed by atoms with Gasteiger partial charge in [0, 0.05) is 0 Å². The van der Waals surface area contributed by atoms with E-state index in [-0.39, 0.29) is 0 Å². The van der Waals surface area contributed by atoms with Crippen LogP contribution in [-0.2, 0) is 5.41 Å². The molecular formula is C21H34. The second-order valence-electron chi connectivity index (χ2n) is 5.02.